The van der Waals surface area contributed by atoms with E-state index in [4.69, 9.17) is 0 Å². The van der Waals surface area contributed by atoms with Crippen molar-refractivity contribution in [1.29, 1.82) is 0 Å². The molecule has 2 aromatic carbocycles. The number of amides is 2. The molecule has 2 rings (SSSR count). The lowest BCUT2D eigenvalue weighted by molar-refractivity contribution is -0.115. The third-order valence-corrected chi connectivity index (χ3v) is 4.71. The average molecular weight is 360 g/mol. The maximum Gasteiger partial charge on any atom is 0.237 e. The first kappa shape index (κ1) is 19.0. The Labute approximate surface area is 151 Å². The van der Waals surface area contributed by atoms with Crippen LogP contribution in [-0.4, -0.2) is 22.8 Å². The lowest BCUT2D eigenvalue weighted by Gasteiger charge is -2.12. The van der Waals surface area contributed by atoms with Gasteiger partial charge in [0.2, 0.25) is 11.8 Å². The summed E-state index contributed by atoms with van der Waals surface area (Å²) in [4.78, 5) is 24.1. The van der Waals surface area contributed by atoms with Gasteiger partial charge in [0.25, 0.3) is 0 Å². The van der Waals surface area contributed by atoms with E-state index in [1.165, 1.54) is 36.0 Å². The number of anilines is 2. The second-order valence-electron chi connectivity index (χ2n) is 5.55. The van der Waals surface area contributed by atoms with Crippen LogP contribution in [0.2, 0.25) is 0 Å². The predicted molar refractivity (Wildman–Crippen MR) is 101 cm³/mol. The molecule has 0 aliphatic rings. The molecule has 2 amide bonds. The quantitative estimate of drug-likeness (QED) is 0.782. The number of carbonyl (C=O) groups is 2. The van der Waals surface area contributed by atoms with Crippen LogP contribution >= 0.6 is 11.8 Å². The first-order valence-electron chi connectivity index (χ1n) is 8.04. The molecular weight excluding hydrogens is 339 g/mol. The van der Waals surface area contributed by atoms with Gasteiger partial charge in [0.15, 0.2) is 0 Å². The van der Waals surface area contributed by atoms with E-state index < -0.39 is 0 Å². The molecule has 0 aromatic heterocycles. The van der Waals surface area contributed by atoms with Crippen molar-refractivity contribution in [3.63, 3.8) is 0 Å². The molecule has 0 radical (unpaired) electrons. The summed E-state index contributed by atoms with van der Waals surface area (Å²) in [5, 5.41) is 5.16. The van der Waals surface area contributed by atoms with E-state index in [1.807, 2.05) is 24.3 Å². The van der Waals surface area contributed by atoms with Crippen molar-refractivity contribution in [1.82, 2.24) is 0 Å². The van der Waals surface area contributed by atoms with Gasteiger partial charge in [0.05, 0.1) is 11.0 Å². The van der Waals surface area contributed by atoms with E-state index in [1.54, 1.807) is 6.92 Å². The summed E-state index contributed by atoms with van der Waals surface area (Å²) in [6.07, 6.45) is 0.900. The van der Waals surface area contributed by atoms with Crippen LogP contribution in [0.15, 0.2) is 48.5 Å². The fourth-order valence-corrected chi connectivity index (χ4v) is 2.80. The van der Waals surface area contributed by atoms with Crippen molar-refractivity contribution in [2.24, 2.45) is 0 Å². The molecule has 4 nitrogen and oxygen atoms in total. The molecule has 0 spiro atoms. The zero-order valence-corrected chi connectivity index (χ0v) is 15.0. The van der Waals surface area contributed by atoms with Gasteiger partial charge in [0.1, 0.15) is 5.82 Å². The second-order valence-corrected chi connectivity index (χ2v) is 6.88. The Morgan fingerprint density at radius 2 is 1.80 bits per heavy atom. The van der Waals surface area contributed by atoms with Crippen LogP contribution in [0.5, 0.6) is 0 Å². The van der Waals surface area contributed by atoms with Gasteiger partial charge in [-0.1, -0.05) is 19.1 Å². The summed E-state index contributed by atoms with van der Waals surface area (Å²) < 4.78 is 12.8. The fraction of sp³-hybridized carbons (Fsp3) is 0.263. The summed E-state index contributed by atoms with van der Waals surface area (Å²) in [5.74, 6) is -0.595. The molecule has 132 valence electrons. The van der Waals surface area contributed by atoms with Crippen molar-refractivity contribution in [2.45, 2.75) is 25.5 Å². The normalized spacial score (nSPS) is 11.6. The van der Waals surface area contributed by atoms with E-state index in [0.29, 0.717) is 5.69 Å². The molecule has 0 aliphatic carbocycles. The number of nitrogens with one attached hydrogen (secondary N) is 2. The molecule has 2 N–H and O–H groups in total. The first-order chi connectivity index (χ1) is 12.0. The van der Waals surface area contributed by atoms with E-state index in [9.17, 15) is 14.0 Å². The Bertz CT molecular complexity index is 734. The minimum atomic E-state index is -0.371. The van der Waals surface area contributed by atoms with E-state index in [2.05, 4.69) is 17.6 Å². The molecule has 1 atom stereocenters. The Morgan fingerprint density at radius 1 is 1.08 bits per heavy atom. The topological polar surface area (TPSA) is 58.2 Å². The molecule has 0 saturated heterocycles. The van der Waals surface area contributed by atoms with Crippen LogP contribution in [0.3, 0.4) is 0 Å². The Balaban J connectivity index is 1.80. The standard InChI is InChI=1S/C19H21FN2O2S/c1-3-14-5-4-6-17(11-14)22-19(24)13(2)25-12-18(23)21-16-9-7-15(20)8-10-16/h4-11,13H,3,12H2,1-2H3,(H,21,23)(H,22,24)/t13-/m1/s1. The second kappa shape index (κ2) is 9.22. The van der Waals surface area contributed by atoms with Crippen LogP contribution in [0.1, 0.15) is 19.4 Å². The molecule has 25 heavy (non-hydrogen) atoms. The maximum atomic E-state index is 12.8. The number of benzene rings is 2. The molecular formula is C19H21FN2O2S. The van der Waals surface area contributed by atoms with Crippen LogP contribution in [0.25, 0.3) is 0 Å². The molecule has 0 heterocycles. The fourth-order valence-electron chi connectivity index (χ4n) is 2.12. The summed E-state index contributed by atoms with van der Waals surface area (Å²) in [6, 6.07) is 13.2. The van der Waals surface area contributed by atoms with Gasteiger partial charge in [0, 0.05) is 11.4 Å². The smallest absolute Gasteiger partial charge is 0.237 e. The van der Waals surface area contributed by atoms with Gasteiger partial charge in [-0.25, -0.2) is 4.39 Å². The van der Waals surface area contributed by atoms with Crippen molar-refractivity contribution in [3.05, 3.63) is 59.9 Å². The van der Waals surface area contributed by atoms with Crippen LogP contribution < -0.4 is 10.6 Å². The lowest BCUT2D eigenvalue weighted by atomic mass is 10.1. The Hall–Kier alpha value is -2.34. The molecule has 6 heteroatoms. The molecule has 0 aliphatic heterocycles. The Morgan fingerprint density at radius 3 is 2.48 bits per heavy atom. The van der Waals surface area contributed by atoms with E-state index >= 15 is 0 Å². The van der Waals surface area contributed by atoms with Crippen LogP contribution in [-0.2, 0) is 16.0 Å². The van der Waals surface area contributed by atoms with Crippen LogP contribution in [0.4, 0.5) is 15.8 Å². The van der Waals surface area contributed by atoms with Crippen molar-refractivity contribution >= 4 is 35.0 Å². The average Bonchev–Trinajstić information content (AvgIpc) is 2.61. The number of aryl methyl sites for hydroxylation is 1. The number of rotatable bonds is 7. The molecule has 2 aromatic rings. The number of carbonyl (C=O) groups excluding carboxylic acids is 2. The lowest BCUT2D eigenvalue weighted by Crippen LogP contribution is -2.25. The predicted octanol–water partition coefficient (Wildman–Crippen LogP) is 4.09. The van der Waals surface area contributed by atoms with Crippen molar-refractivity contribution in [3.8, 4) is 0 Å². The van der Waals surface area contributed by atoms with Gasteiger partial charge in [-0.2, -0.15) is 0 Å². The highest BCUT2D eigenvalue weighted by molar-refractivity contribution is 8.01. The Kier molecular flexibility index (Phi) is 7.01. The monoisotopic (exact) mass is 360 g/mol. The van der Waals surface area contributed by atoms with Gasteiger partial charge >= 0.3 is 0 Å². The highest BCUT2D eigenvalue weighted by atomic mass is 32.2. The minimum Gasteiger partial charge on any atom is -0.325 e. The zero-order valence-electron chi connectivity index (χ0n) is 14.2. The molecule has 0 unspecified atom stereocenters. The van der Waals surface area contributed by atoms with Gasteiger partial charge < -0.3 is 10.6 Å². The van der Waals surface area contributed by atoms with Crippen LogP contribution in [0, 0.1) is 5.82 Å². The maximum absolute atomic E-state index is 12.8. The largest absolute Gasteiger partial charge is 0.325 e. The SMILES string of the molecule is CCc1cccc(NC(=O)[C@@H](C)SCC(=O)Nc2ccc(F)cc2)c1. The molecule has 0 bridgehead atoms. The van der Waals surface area contributed by atoms with E-state index in [0.717, 1.165) is 17.7 Å². The third-order valence-electron chi connectivity index (χ3n) is 3.56. The third kappa shape index (κ3) is 6.23. The summed E-state index contributed by atoms with van der Waals surface area (Å²) in [5.41, 5.74) is 2.44. The highest BCUT2D eigenvalue weighted by Gasteiger charge is 2.15. The van der Waals surface area contributed by atoms with Gasteiger partial charge in [-0.3, -0.25) is 9.59 Å². The summed E-state index contributed by atoms with van der Waals surface area (Å²) in [6.45, 7) is 3.81. The van der Waals surface area contributed by atoms with Crippen molar-refractivity contribution < 1.29 is 14.0 Å². The van der Waals surface area contributed by atoms with E-state index in [-0.39, 0.29) is 28.6 Å². The van der Waals surface area contributed by atoms with Gasteiger partial charge in [-0.15, -0.1) is 11.8 Å². The zero-order chi connectivity index (χ0) is 18.2. The number of hydrogen-bond donors (Lipinski definition) is 2. The number of hydrogen-bond acceptors (Lipinski definition) is 3. The molecule has 0 fully saturated rings. The highest BCUT2D eigenvalue weighted by Crippen LogP contribution is 2.16. The van der Waals surface area contributed by atoms with Crippen molar-refractivity contribution in [2.75, 3.05) is 16.4 Å². The number of thioether (sulfide) groups is 1. The number of halogens is 1. The summed E-state index contributed by atoms with van der Waals surface area (Å²) >= 11 is 1.25. The molecule has 0 saturated carbocycles. The first-order valence-corrected chi connectivity index (χ1v) is 9.09. The minimum absolute atomic E-state index is 0.140. The summed E-state index contributed by atoms with van der Waals surface area (Å²) in [7, 11) is 0. The van der Waals surface area contributed by atoms with Gasteiger partial charge in [-0.05, 0) is 55.3 Å².